The fraction of sp³-hybridized carbons (Fsp3) is 0.308. The summed E-state index contributed by atoms with van der Waals surface area (Å²) in [6.45, 7) is 2.75. The molecule has 5 heteroatoms. The lowest BCUT2D eigenvalue weighted by Gasteiger charge is -2.13. The molecule has 0 saturated heterocycles. The number of rotatable bonds is 4. The van der Waals surface area contributed by atoms with Crippen molar-refractivity contribution in [2.75, 3.05) is 0 Å². The van der Waals surface area contributed by atoms with Gasteiger partial charge in [-0.05, 0) is 30.2 Å². The van der Waals surface area contributed by atoms with Crippen LogP contribution in [0.3, 0.4) is 0 Å². The molecular formula is C13H14ClFN2O. The van der Waals surface area contributed by atoms with Gasteiger partial charge >= 0.3 is 0 Å². The molecule has 1 N–H and O–H groups in total. The zero-order valence-corrected chi connectivity index (χ0v) is 10.7. The maximum Gasteiger partial charge on any atom is 0.142 e. The summed E-state index contributed by atoms with van der Waals surface area (Å²) >= 11 is 5.62. The number of aliphatic hydroxyl groups excluding tert-OH is 1. The average Bonchev–Trinajstić information content (AvgIpc) is 2.80. The van der Waals surface area contributed by atoms with Gasteiger partial charge in [-0.2, -0.15) is 5.10 Å². The zero-order chi connectivity index (χ0) is 13.1. The second-order valence-electron chi connectivity index (χ2n) is 4.06. The van der Waals surface area contributed by atoms with Crippen molar-refractivity contribution in [3.63, 3.8) is 0 Å². The number of hydrogen-bond acceptors (Lipinski definition) is 2. The van der Waals surface area contributed by atoms with E-state index in [1.807, 2.05) is 6.92 Å². The van der Waals surface area contributed by atoms with Crippen molar-refractivity contribution < 1.29 is 9.50 Å². The summed E-state index contributed by atoms with van der Waals surface area (Å²) in [7, 11) is 0. The number of aromatic nitrogens is 2. The van der Waals surface area contributed by atoms with E-state index in [1.165, 1.54) is 12.1 Å². The molecule has 1 heterocycles. The Morgan fingerprint density at radius 1 is 1.44 bits per heavy atom. The highest BCUT2D eigenvalue weighted by Gasteiger charge is 2.16. The second kappa shape index (κ2) is 5.50. The largest absolute Gasteiger partial charge is 0.382 e. The Labute approximate surface area is 110 Å². The molecule has 1 unspecified atom stereocenters. The minimum atomic E-state index is -0.897. The quantitative estimate of drug-likeness (QED) is 0.925. The number of nitrogens with zero attached hydrogens (tertiary/aromatic N) is 2. The van der Waals surface area contributed by atoms with Gasteiger partial charge < -0.3 is 5.11 Å². The third-order valence-electron chi connectivity index (χ3n) is 2.72. The SMILES string of the molecule is CCCn1nccc1C(O)c1ccc(Cl)c(F)c1. The van der Waals surface area contributed by atoms with E-state index in [2.05, 4.69) is 5.10 Å². The normalized spacial score (nSPS) is 12.7. The monoisotopic (exact) mass is 268 g/mol. The van der Waals surface area contributed by atoms with Gasteiger partial charge in [-0.1, -0.05) is 24.6 Å². The Morgan fingerprint density at radius 2 is 2.22 bits per heavy atom. The summed E-state index contributed by atoms with van der Waals surface area (Å²) in [5, 5.41) is 14.4. The molecule has 0 aliphatic carbocycles. The standard InChI is InChI=1S/C13H14ClFN2O/c1-2-7-17-12(5-6-16-17)13(18)9-3-4-10(14)11(15)8-9/h3-6,8,13,18H,2,7H2,1H3. The molecule has 0 spiro atoms. The van der Waals surface area contributed by atoms with Crippen LogP contribution in [0.1, 0.15) is 30.7 Å². The van der Waals surface area contributed by atoms with Crippen LogP contribution >= 0.6 is 11.6 Å². The first kappa shape index (κ1) is 13.1. The molecule has 18 heavy (non-hydrogen) atoms. The van der Waals surface area contributed by atoms with Crippen molar-refractivity contribution in [3.05, 3.63) is 52.6 Å². The summed E-state index contributed by atoms with van der Waals surface area (Å²) in [6.07, 6.45) is 1.64. The smallest absolute Gasteiger partial charge is 0.142 e. The van der Waals surface area contributed by atoms with Crippen molar-refractivity contribution in [2.24, 2.45) is 0 Å². The lowest BCUT2D eigenvalue weighted by Crippen LogP contribution is -2.10. The Kier molecular flexibility index (Phi) is 3.99. The van der Waals surface area contributed by atoms with Crippen LogP contribution in [-0.4, -0.2) is 14.9 Å². The van der Waals surface area contributed by atoms with Gasteiger partial charge in [0.25, 0.3) is 0 Å². The predicted molar refractivity (Wildman–Crippen MR) is 68.0 cm³/mol. The summed E-state index contributed by atoms with van der Waals surface area (Å²) in [5.41, 5.74) is 1.12. The van der Waals surface area contributed by atoms with E-state index in [9.17, 15) is 9.50 Å². The maximum absolute atomic E-state index is 13.4. The Hall–Kier alpha value is -1.39. The van der Waals surface area contributed by atoms with Crippen LogP contribution in [0.2, 0.25) is 5.02 Å². The van der Waals surface area contributed by atoms with E-state index in [0.29, 0.717) is 11.3 Å². The van der Waals surface area contributed by atoms with Crippen LogP contribution in [0.15, 0.2) is 30.5 Å². The first-order chi connectivity index (χ1) is 8.63. The highest BCUT2D eigenvalue weighted by molar-refractivity contribution is 6.30. The molecule has 1 aromatic heterocycles. The molecule has 2 aromatic rings. The molecular weight excluding hydrogens is 255 g/mol. The van der Waals surface area contributed by atoms with Crippen LogP contribution in [0.25, 0.3) is 0 Å². The Morgan fingerprint density at radius 3 is 2.89 bits per heavy atom. The first-order valence-corrected chi connectivity index (χ1v) is 6.16. The molecule has 0 fully saturated rings. The fourth-order valence-electron chi connectivity index (χ4n) is 1.83. The van der Waals surface area contributed by atoms with E-state index in [1.54, 1.807) is 23.0 Å². The lowest BCUT2D eigenvalue weighted by molar-refractivity contribution is 0.207. The van der Waals surface area contributed by atoms with E-state index < -0.39 is 11.9 Å². The molecule has 0 amide bonds. The second-order valence-corrected chi connectivity index (χ2v) is 4.46. The summed E-state index contributed by atoms with van der Waals surface area (Å²) in [5.74, 6) is -0.533. The van der Waals surface area contributed by atoms with Crippen molar-refractivity contribution in [1.29, 1.82) is 0 Å². The number of hydrogen-bond donors (Lipinski definition) is 1. The van der Waals surface area contributed by atoms with Gasteiger partial charge in [0.15, 0.2) is 0 Å². The van der Waals surface area contributed by atoms with Gasteiger partial charge in [-0.25, -0.2) is 4.39 Å². The van der Waals surface area contributed by atoms with Gasteiger partial charge in [0.1, 0.15) is 11.9 Å². The van der Waals surface area contributed by atoms with Gasteiger partial charge in [-0.15, -0.1) is 0 Å². The van der Waals surface area contributed by atoms with Crippen LogP contribution < -0.4 is 0 Å². The number of halogens is 2. The molecule has 96 valence electrons. The molecule has 3 nitrogen and oxygen atoms in total. The molecule has 0 radical (unpaired) electrons. The third kappa shape index (κ3) is 2.54. The number of aryl methyl sites for hydroxylation is 1. The molecule has 0 aliphatic heterocycles. The van der Waals surface area contributed by atoms with E-state index in [-0.39, 0.29) is 5.02 Å². The van der Waals surface area contributed by atoms with E-state index in [4.69, 9.17) is 11.6 Å². The van der Waals surface area contributed by atoms with E-state index in [0.717, 1.165) is 13.0 Å². The third-order valence-corrected chi connectivity index (χ3v) is 3.03. The van der Waals surface area contributed by atoms with Gasteiger partial charge in [-0.3, -0.25) is 4.68 Å². The maximum atomic E-state index is 13.4. The van der Waals surface area contributed by atoms with Crippen LogP contribution in [0.4, 0.5) is 4.39 Å². The summed E-state index contributed by atoms with van der Waals surface area (Å²) in [6, 6.07) is 6.03. The molecule has 2 rings (SSSR count). The van der Waals surface area contributed by atoms with Gasteiger partial charge in [0.2, 0.25) is 0 Å². The van der Waals surface area contributed by atoms with Gasteiger partial charge in [0.05, 0.1) is 10.7 Å². The lowest BCUT2D eigenvalue weighted by atomic mass is 10.1. The topological polar surface area (TPSA) is 38.0 Å². The first-order valence-electron chi connectivity index (χ1n) is 5.78. The highest BCUT2D eigenvalue weighted by Crippen LogP contribution is 2.25. The Balaban J connectivity index is 2.32. The predicted octanol–water partition coefficient (Wildman–Crippen LogP) is 3.17. The molecule has 0 aliphatic rings. The van der Waals surface area contributed by atoms with Crippen molar-refractivity contribution in [1.82, 2.24) is 9.78 Å². The minimum Gasteiger partial charge on any atom is -0.382 e. The van der Waals surface area contributed by atoms with Crippen molar-refractivity contribution in [3.8, 4) is 0 Å². The summed E-state index contributed by atoms with van der Waals surface area (Å²) < 4.78 is 15.1. The van der Waals surface area contributed by atoms with Crippen molar-refractivity contribution >= 4 is 11.6 Å². The van der Waals surface area contributed by atoms with Crippen LogP contribution in [0.5, 0.6) is 0 Å². The minimum absolute atomic E-state index is 0.0491. The molecule has 0 bridgehead atoms. The summed E-state index contributed by atoms with van der Waals surface area (Å²) in [4.78, 5) is 0. The molecule has 0 saturated carbocycles. The highest BCUT2D eigenvalue weighted by atomic mass is 35.5. The van der Waals surface area contributed by atoms with Crippen LogP contribution in [-0.2, 0) is 6.54 Å². The van der Waals surface area contributed by atoms with Crippen LogP contribution in [0, 0.1) is 5.82 Å². The average molecular weight is 269 g/mol. The van der Waals surface area contributed by atoms with Gasteiger partial charge in [0, 0.05) is 12.7 Å². The molecule has 1 aromatic carbocycles. The number of benzene rings is 1. The zero-order valence-electron chi connectivity index (χ0n) is 9.98. The van der Waals surface area contributed by atoms with E-state index >= 15 is 0 Å². The molecule has 1 atom stereocenters. The Bertz CT molecular complexity index is 542. The van der Waals surface area contributed by atoms with Crippen molar-refractivity contribution in [2.45, 2.75) is 26.0 Å². The number of aliphatic hydroxyl groups is 1. The fourth-order valence-corrected chi connectivity index (χ4v) is 1.94.